The second kappa shape index (κ2) is 8.82. The summed E-state index contributed by atoms with van der Waals surface area (Å²) in [5.41, 5.74) is 2.48. The molecule has 0 aliphatic rings. The SMILES string of the molecule is COc1ccc(CNC(=O)CCNS(=O)(=O)c2cc(C)ccc2C)cc1. The Bertz CT molecular complexity index is 862. The molecule has 2 rings (SSSR count). The highest BCUT2D eigenvalue weighted by Gasteiger charge is 2.16. The normalized spacial score (nSPS) is 11.2. The van der Waals surface area contributed by atoms with Crippen LogP contribution in [0.3, 0.4) is 0 Å². The first-order chi connectivity index (χ1) is 12.3. The molecule has 7 heteroatoms. The van der Waals surface area contributed by atoms with Crippen LogP contribution in [0.1, 0.15) is 23.1 Å². The molecule has 2 aromatic rings. The number of sulfonamides is 1. The van der Waals surface area contributed by atoms with E-state index in [2.05, 4.69) is 10.0 Å². The summed E-state index contributed by atoms with van der Waals surface area (Å²) in [4.78, 5) is 12.2. The van der Waals surface area contributed by atoms with Crippen molar-refractivity contribution in [2.75, 3.05) is 13.7 Å². The maximum Gasteiger partial charge on any atom is 0.240 e. The topological polar surface area (TPSA) is 84.5 Å². The van der Waals surface area contributed by atoms with Gasteiger partial charge in [-0.15, -0.1) is 0 Å². The molecule has 0 aliphatic carbocycles. The minimum Gasteiger partial charge on any atom is -0.497 e. The van der Waals surface area contributed by atoms with Crippen molar-refractivity contribution in [3.8, 4) is 5.75 Å². The van der Waals surface area contributed by atoms with Crippen LogP contribution in [0.5, 0.6) is 5.75 Å². The number of ether oxygens (including phenoxy) is 1. The molecule has 0 bridgehead atoms. The smallest absolute Gasteiger partial charge is 0.240 e. The summed E-state index contributed by atoms with van der Waals surface area (Å²) >= 11 is 0. The molecule has 0 aromatic heterocycles. The van der Waals surface area contributed by atoms with Gasteiger partial charge in [0.1, 0.15) is 5.75 Å². The Labute approximate surface area is 154 Å². The lowest BCUT2D eigenvalue weighted by Crippen LogP contribution is -2.31. The quantitative estimate of drug-likeness (QED) is 0.740. The maximum absolute atomic E-state index is 12.4. The fraction of sp³-hybridized carbons (Fsp3) is 0.316. The van der Waals surface area contributed by atoms with Crippen LogP contribution in [0.25, 0.3) is 0 Å². The third-order valence-electron chi connectivity index (χ3n) is 3.93. The molecule has 0 unspecified atom stereocenters. The highest BCUT2D eigenvalue weighted by Crippen LogP contribution is 2.16. The summed E-state index contributed by atoms with van der Waals surface area (Å²) in [6.07, 6.45) is 0.0697. The lowest BCUT2D eigenvalue weighted by molar-refractivity contribution is -0.121. The number of hydrogen-bond acceptors (Lipinski definition) is 4. The Morgan fingerprint density at radius 3 is 2.42 bits per heavy atom. The monoisotopic (exact) mass is 376 g/mol. The van der Waals surface area contributed by atoms with Gasteiger partial charge in [-0.2, -0.15) is 0 Å². The number of carbonyl (C=O) groups is 1. The van der Waals surface area contributed by atoms with Gasteiger partial charge in [0.25, 0.3) is 0 Å². The van der Waals surface area contributed by atoms with Crippen LogP contribution in [-0.4, -0.2) is 28.0 Å². The Morgan fingerprint density at radius 2 is 1.77 bits per heavy atom. The molecule has 0 aliphatic heterocycles. The summed E-state index contributed by atoms with van der Waals surface area (Å²) in [7, 11) is -2.03. The fourth-order valence-corrected chi connectivity index (χ4v) is 3.77. The molecule has 2 N–H and O–H groups in total. The fourth-order valence-electron chi connectivity index (χ4n) is 2.41. The number of nitrogens with one attached hydrogen (secondary N) is 2. The third-order valence-corrected chi connectivity index (χ3v) is 5.53. The summed E-state index contributed by atoms with van der Waals surface area (Å²) in [6, 6.07) is 12.6. The van der Waals surface area contributed by atoms with Crippen molar-refractivity contribution in [3.63, 3.8) is 0 Å². The summed E-state index contributed by atoms with van der Waals surface area (Å²) < 4.78 is 32.3. The first-order valence-electron chi connectivity index (χ1n) is 8.28. The van der Waals surface area contributed by atoms with Crippen molar-refractivity contribution in [1.29, 1.82) is 0 Å². The maximum atomic E-state index is 12.4. The molecule has 0 radical (unpaired) electrons. The first-order valence-corrected chi connectivity index (χ1v) is 9.76. The highest BCUT2D eigenvalue weighted by atomic mass is 32.2. The highest BCUT2D eigenvalue weighted by molar-refractivity contribution is 7.89. The van der Waals surface area contributed by atoms with Crippen molar-refractivity contribution in [3.05, 3.63) is 59.2 Å². The van der Waals surface area contributed by atoms with Gasteiger partial charge in [0.15, 0.2) is 0 Å². The van der Waals surface area contributed by atoms with Gasteiger partial charge >= 0.3 is 0 Å². The number of amides is 1. The van der Waals surface area contributed by atoms with E-state index in [0.29, 0.717) is 12.1 Å². The number of rotatable bonds is 8. The summed E-state index contributed by atoms with van der Waals surface area (Å²) in [5.74, 6) is 0.533. The van der Waals surface area contributed by atoms with Gasteiger partial charge in [-0.05, 0) is 48.7 Å². The molecule has 0 saturated heterocycles. The van der Waals surface area contributed by atoms with Crippen molar-refractivity contribution < 1.29 is 17.9 Å². The zero-order valence-corrected chi connectivity index (χ0v) is 16.0. The molecule has 6 nitrogen and oxygen atoms in total. The number of aryl methyl sites for hydroxylation is 2. The van der Waals surface area contributed by atoms with Crippen molar-refractivity contribution in [1.82, 2.24) is 10.0 Å². The second-order valence-electron chi connectivity index (χ2n) is 6.04. The van der Waals surface area contributed by atoms with E-state index >= 15 is 0 Å². The third kappa shape index (κ3) is 5.57. The number of hydrogen-bond donors (Lipinski definition) is 2. The Kier molecular flexibility index (Phi) is 6.76. The average molecular weight is 376 g/mol. The van der Waals surface area contributed by atoms with E-state index in [0.717, 1.165) is 16.9 Å². The van der Waals surface area contributed by atoms with Crippen LogP contribution in [0, 0.1) is 13.8 Å². The van der Waals surface area contributed by atoms with Gasteiger partial charge in [-0.1, -0.05) is 24.3 Å². The van der Waals surface area contributed by atoms with Gasteiger partial charge in [-0.25, -0.2) is 13.1 Å². The van der Waals surface area contributed by atoms with Crippen molar-refractivity contribution in [2.24, 2.45) is 0 Å². The van der Waals surface area contributed by atoms with E-state index in [1.54, 1.807) is 26.2 Å². The molecule has 140 valence electrons. The lowest BCUT2D eigenvalue weighted by atomic mass is 10.2. The van der Waals surface area contributed by atoms with E-state index in [4.69, 9.17) is 4.74 Å². The zero-order valence-electron chi connectivity index (χ0n) is 15.2. The lowest BCUT2D eigenvalue weighted by Gasteiger charge is -2.10. The van der Waals surface area contributed by atoms with Crippen LogP contribution in [0.15, 0.2) is 47.4 Å². The van der Waals surface area contributed by atoms with Crippen LogP contribution in [0.2, 0.25) is 0 Å². The largest absolute Gasteiger partial charge is 0.497 e. The number of carbonyl (C=O) groups excluding carboxylic acids is 1. The van der Waals surface area contributed by atoms with Crippen molar-refractivity contribution >= 4 is 15.9 Å². The van der Waals surface area contributed by atoms with Crippen molar-refractivity contribution in [2.45, 2.75) is 31.7 Å². The molecule has 0 spiro atoms. The average Bonchev–Trinajstić information content (AvgIpc) is 2.62. The standard InChI is InChI=1S/C19H24N2O4S/c1-14-4-5-15(2)18(12-14)26(23,24)21-11-10-19(22)20-13-16-6-8-17(25-3)9-7-16/h4-9,12,21H,10-11,13H2,1-3H3,(H,20,22). The van der Waals surface area contributed by atoms with E-state index < -0.39 is 10.0 Å². The van der Waals surface area contributed by atoms with Crippen LogP contribution in [-0.2, 0) is 21.4 Å². The molecule has 0 fully saturated rings. The van der Waals surface area contributed by atoms with Crippen LogP contribution < -0.4 is 14.8 Å². The molecule has 0 saturated carbocycles. The minimum absolute atomic E-state index is 0.0458. The van der Waals surface area contributed by atoms with Gasteiger partial charge < -0.3 is 10.1 Å². The molecule has 0 atom stereocenters. The van der Waals surface area contributed by atoms with Gasteiger partial charge in [-0.3, -0.25) is 4.79 Å². The zero-order chi connectivity index (χ0) is 19.2. The van der Waals surface area contributed by atoms with E-state index in [1.165, 1.54) is 0 Å². The Balaban J connectivity index is 1.82. The Hall–Kier alpha value is -2.38. The van der Waals surface area contributed by atoms with E-state index in [1.807, 2.05) is 37.3 Å². The molecule has 1 amide bonds. The summed E-state index contributed by atoms with van der Waals surface area (Å²) in [6.45, 7) is 4.01. The number of benzene rings is 2. The Morgan fingerprint density at radius 1 is 1.08 bits per heavy atom. The molecular formula is C19H24N2O4S. The number of methoxy groups -OCH3 is 1. The molecule has 2 aromatic carbocycles. The van der Waals surface area contributed by atoms with Gasteiger partial charge in [0, 0.05) is 19.5 Å². The van der Waals surface area contributed by atoms with Crippen LogP contribution >= 0.6 is 0 Å². The predicted molar refractivity (Wildman–Crippen MR) is 101 cm³/mol. The predicted octanol–water partition coefficient (Wildman–Crippen LogP) is 2.30. The minimum atomic E-state index is -3.63. The van der Waals surface area contributed by atoms with Gasteiger partial charge in [0.2, 0.25) is 15.9 Å². The van der Waals surface area contributed by atoms with Gasteiger partial charge in [0.05, 0.1) is 12.0 Å². The molecular weight excluding hydrogens is 352 g/mol. The molecule has 26 heavy (non-hydrogen) atoms. The van der Waals surface area contributed by atoms with Crippen LogP contribution in [0.4, 0.5) is 0 Å². The van der Waals surface area contributed by atoms with E-state index in [-0.39, 0.29) is 23.8 Å². The second-order valence-corrected chi connectivity index (χ2v) is 7.78. The first kappa shape index (κ1) is 19.9. The molecule has 0 heterocycles. The summed E-state index contributed by atoms with van der Waals surface area (Å²) in [5, 5.41) is 2.77. The van der Waals surface area contributed by atoms with E-state index in [9.17, 15) is 13.2 Å².